The fourth-order valence-corrected chi connectivity index (χ4v) is 6.47. The molecule has 0 heterocycles. The molecule has 34 heavy (non-hydrogen) atoms. The first-order valence-corrected chi connectivity index (χ1v) is 13.6. The normalized spacial score (nSPS) is 26.1. The maximum Gasteiger partial charge on any atom is 0.459 e. The van der Waals surface area contributed by atoms with Crippen molar-refractivity contribution in [2.45, 2.75) is 76.2 Å². The van der Waals surface area contributed by atoms with Crippen LogP contribution in [0.1, 0.15) is 51.9 Å². The number of carbonyl (C=O) groups is 1. The van der Waals surface area contributed by atoms with Gasteiger partial charge in [0.15, 0.2) is 0 Å². The number of aliphatic hydroxyl groups is 2. The Morgan fingerprint density at radius 3 is 2.56 bits per heavy atom. The molecule has 3 N–H and O–H groups in total. The van der Waals surface area contributed by atoms with Gasteiger partial charge >= 0.3 is 13.7 Å². The van der Waals surface area contributed by atoms with Gasteiger partial charge in [0.05, 0.1) is 12.2 Å². The number of benzene rings is 2. The van der Waals surface area contributed by atoms with Crippen molar-refractivity contribution in [2.75, 3.05) is 6.61 Å². The molecule has 0 aliphatic heterocycles. The molecule has 2 fully saturated rings. The summed E-state index contributed by atoms with van der Waals surface area (Å²) in [6.07, 6.45) is 3.95. The van der Waals surface area contributed by atoms with Crippen LogP contribution < -0.4 is 9.61 Å². The molecule has 0 amide bonds. The quantitative estimate of drug-likeness (QED) is 0.351. The second-order valence-electron chi connectivity index (χ2n) is 9.32. The molecular formula is C25H34NO7P. The molecule has 0 saturated heterocycles. The molecule has 9 heteroatoms. The zero-order chi connectivity index (χ0) is 24.1. The summed E-state index contributed by atoms with van der Waals surface area (Å²) in [5, 5.41) is 24.1. The van der Waals surface area contributed by atoms with Crippen LogP contribution in [-0.2, 0) is 18.6 Å². The summed E-state index contributed by atoms with van der Waals surface area (Å²) in [7, 11) is -4.07. The average molecular weight is 492 g/mol. The Bertz CT molecular complexity index is 1020. The van der Waals surface area contributed by atoms with Gasteiger partial charge in [-0.25, -0.2) is 4.57 Å². The van der Waals surface area contributed by atoms with Crippen molar-refractivity contribution in [3.63, 3.8) is 0 Å². The molecule has 2 aromatic rings. The lowest BCUT2D eigenvalue weighted by Gasteiger charge is -2.27. The third-order valence-corrected chi connectivity index (χ3v) is 8.36. The predicted molar refractivity (Wildman–Crippen MR) is 128 cm³/mol. The minimum atomic E-state index is -4.07. The highest BCUT2D eigenvalue weighted by atomic mass is 31.2. The number of ether oxygens (including phenoxy) is 1. The van der Waals surface area contributed by atoms with Crippen LogP contribution >= 0.6 is 7.75 Å². The number of rotatable bonds is 9. The van der Waals surface area contributed by atoms with Gasteiger partial charge in [0, 0.05) is 24.3 Å². The highest BCUT2D eigenvalue weighted by Gasteiger charge is 2.41. The summed E-state index contributed by atoms with van der Waals surface area (Å²) in [4.78, 5) is 12.8. The summed E-state index contributed by atoms with van der Waals surface area (Å²) in [5.41, 5.74) is 0. The molecule has 5 atom stereocenters. The van der Waals surface area contributed by atoms with Crippen molar-refractivity contribution in [3.8, 4) is 5.75 Å². The lowest BCUT2D eigenvalue weighted by Crippen LogP contribution is -2.38. The van der Waals surface area contributed by atoms with E-state index in [9.17, 15) is 19.6 Å². The minimum Gasteiger partial charge on any atom is -0.461 e. The molecule has 2 unspecified atom stereocenters. The number of hydrogen-bond donors (Lipinski definition) is 3. The highest BCUT2D eigenvalue weighted by molar-refractivity contribution is 7.52. The number of hydrogen-bond acceptors (Lipinski definition) is 7. The number of fused-ring (bicyclic) bond motifs is 1. The van der Waals surface area contributed by atoms with Crippen LogP contribution in [0.3, 0.4) is 0 Å². The molecule has 2 saturated carbocycles. The first-order chi connectivity index (χ1) is 16.4. The molecule has 2 aromatic carbocycles. The Labute approximate surface area is 200 Å². The number of aliphatic hydroxyl groups excluding tert-OH is 2. The van der Waals surface area contributed by atoms with Gasteiger partial charge in [0.2, 0.25) is 0 Å². The third kappa shape index (κ3) is 6.18. The van der Waals surface area contributed by atoms with Crippen LogP contribution in [0.15, 0.2) is 42.5 Å². The summed E-state index contributed by atoms with van der Waals surface area (Å²) >= 11 is 0. The van der Waals surface area contributed by atoms with Crippen molar-refractivity contribution < 1.29 is 33.4 Å². The maximum absolute atomic E-state index is 14.0. The maximum atomic E-state index is 14.0. The molecule has 2 aliphatic carbocycles. The lowest BCUT2D eigenvalue weighted by molar-refractivity contribution is -0.152. The summed E-state index contributed by atoms with van der Waals surface area (Å²) in [5.74, 6) is -0.499. The van der Waals surface area contributed by atoms with E-state index in [0.717, 1.165) is 42.9 Å². The SMILES string of the molecule is C[C@H](NP(=O)(Oc1cccc2ccccc12)OC1C[C@H](CO)[C@@H](O)C1)C(=O)OC1CCCCC1. The smallest absolute Gasteiger partial charge is 0.459 e. The Balaban J connectivity index is 1.53. The highest BCUT2D eigenvalue weighted by Crippen LogP contribution is 2.50. The Morgan fingerprint density at radius 1 is 1.09 bits per heavy atom. The van der Waals surface area contributed by atoms with Crippen molar-refractivity contribution in [1.29, 1.82) is 0 Å². The number of nitrogens with one attached hydrogen (secondary N) is 1. The Morgan fingerprint density at radius 2 is 1.82 bits per heavy atom. The molecule has 186 valence electrons. The molecule has 0 bridgehead atoms. The zero-order valence-corrected chi connectivity index (χ0v) is 20.4. The lowest BCUT2D eigenvalue weighted by atomic mass is 9.98. The van der Waals surface area contributed by atoms with Gasteiger partial charge in [-0.15, -0.1) is 0 Å². The third-order valence-electron chi connectivity index (χ3n) is 6.65. The van der Waals surface area contributed by atoms with Crippen LogP contribution in [0, 0.1) is 5.92 Å². The molecular weight excluding hydrogens is 457 g/mol. The van der Waals surface area contributed by atoms with Gasteiger partial charge in [-0.3, -0.25) is 9.32 Å². The monoisotopic (exact) mass is 491 g/mol. The van der Waals surface area contributed by atoms with Crippen LogP contribution in [-0.4, -0.2) is 47.1 Å². The summed E-state index contributed by atoms with van der Waals surface area (Å²) in [6.45, 7) is 1.39. The van der Waals surface area contributed by atoms with Crippen molar-refractivity contribution in [3.05, 3.63) is 42.5 Å². The molecule has 0 radical (unpaired) electrons. The van der Waals surface area contributed by atoms with Gasteiger partial charge in [-0.2, -0.15) is 5.09 Å². The van der Waals surface area contributed by atoms with E-state index in [1.807, 2.05) is 30.3 Å². The van der Waals surface area contributed by atoms with Crippen LogP contribution in [0.5, 0.6) is 5.75 Å². The van der Waals surface area contributed by atoms with Gasteiger partial charge in [0.1, 0.15) is 17.9 Å². The fraction of sp³-hybridized carbons (Fsp3) is 0.560. The van der Waals surface area contributed by atoms with Crippen molar-refractivity contribution in [2.24, 2.45) is 5.92 Å². The Hall–Kier alpha value is -1.96. The van der Waals surface area contributed by atoms with Gasteiger partial charge in [0.25, 0.3) is 0 Å². The standard InChI is InChI=1S/C25H34NO7P/c1-17(25(29)31-20-10-3-2-4-11-20)26-34(30,32-21-14-19(16-27)23(28)15-21)33-24-13-7-9-18-8-5-6-12-22(18)24/h5-9,12-13,17,19-21,23,27-28H,2-4,10-11,14-16H2,1H3,(H,26,30)/t17-,19+,21?,23-,34?/m0/s1. The van der Waals surface area contributed by atoms with Crippen molar-refractivity contribution >= 4 is 24.5 Å². The molecule has 4 rings (SSSR count). The van der Waals surface area contributed by atoms with Gasteiger partial charge in [-0.05, 0) is 50.5 Å². The number of carbonyl (C=O) groups excluding carboxylic acids is 1. The molecule has 0 spiro atoms. The van der Waals surface area contributed by atoms with Crippen LogP contribution in [0.25, 0.3) is 10.8 Å². The van der Waals surface area contributed by atoms with E-state index in [2.05, 4.69) is 5.09 Å². The second-order valence-corrected chi connectivity index (χ2v) is 11.0. The molecule has 8 nitrogen and oxygen atoms in total. The first-order valence-electron chi connectivity index (χ1n) is 12.1. The first kappa shape index (κ1) is 25.1. The van der Waals surface area contributed by atoms with E-state index in [0.29, 0.717) is 12.2 Å². The van der Waals surface area contributed by atoms with E-state index in [1.54, 1.807) is 19.1 Å². The van der Waals surface area contributed by atoms with Crippen LogP contribution in [0.2, 0.25) is 0 Å². The molecule has 0 aromatic heterocycles. The second kappa shape index (κ2) is 11.2. The predicted octanol–water partition coefficient (Wildman–Crippen LogP) is 4.33. The van der Waals surface area contributed by atoms with Gasteiger partial charge in [-0.1, -0.05) is 42.8 Å². The van der Waals surface area contributed by atoms with Crippen LogP contribution in [0.4, 0.5) is 0 Å². The largest absolute Gasteiger partial charge is 0.461 e. The minimum absolute atomic E-state index is 0.125. The summed E-state index contributed by atoms with van der Waals surface area (Å²) in [6, 6.07) is 12.0. The fourth-order valence-electron chi connectivity index (χ4n) is 4.75. The van der Waals surface area contributed by atoms with Gasteiger partial charge < -0.3 is 19.5 Å². The van der Waals surface area contributed by atoms with E-state index < -0.39 is 32.0 Å². The van der Waals surface area contributed by atoms with E-state index in [4.69, 9.17) is 13.8 Å². The van der Waals surface area contributed by atoms with E-state index in [-0.39, 0.29) is 25.0 Å². The average Bonchev–Trinajstić information content (AvgIpc) is 3.18. The molecule has 2 aliphatic rings. The topological polar surface area (TPSA) is 114 Å². The van der Waals surface area contributed by atoms with Crippen molar-refractivity contribution in [1.82, 2.24) is 5.09 Å². The Kier molecular flexibility index (Phi) is 8.27. The zero-order valence-electron chi connectivity index (χ0n) is 19.5. The summed E-state index contributed by atoms with van der Waals surface area (Å²) < 4.78 is 31.5. The van der Waals surface area contributed by atoms with E-state index >= 15 is 0 Å². The van der Waals surface area contributed by atoms with E-state index in [1.165, 1.54) is 0 Å². The number of esters is 1.